The van der Waals surface area contributed by atoms with E-state index in [9.17, 15) is 19.5 Å². The SMILES string of the molecule is COC(=O)CC1C(O)[C@]2(C)C(=O)OC[C@]2(C)C1C=O. The van der Waals surface area contributed by atoms with Gasteiger partial charge in [0, 0.05) is 17.3 Å². The summed E-state index contributed by atoms with van der Waals surface area (Å²) in [5, 5.41) is 10.4. The Bertz CT molecular complexity index is 433. The van der Waals surface area contributed by atoms with E-state index in [4.69, 9.17) is 4.74 Å². The lowest BCUT2D eigenvalue weighted by Gasteiger charge is -2.32. The lowest BCUT2D eigenvalue weighted by molar-refractivity contribution is -0.153. The van der Waals surface area contributed by atoms with E-state index in [-0.39, 0.29) is 13.0 Å². The highest BCUT2D eigenvalue weighted by Gasteiger charge is 2.72. The van der Waals surface area contributed by atoms with E-state index in [2.05, 4.69) is 4.74 Å². The number of aliphatic hydroxyl groups excluding tert-OH is 1. The average molecular weight is 270 g/mol. The van der Waals surface area contributed by atoms with Crippen molar-refractivity contribution in [3.63, 3.8) is 0 Å². The molecule has 3 unspecified atom stereocenters. The van der Waals surface area contributed by atoms with E-state index in [1.165, 1.54) is 7.11 Å². The predicted molar refractivity (Wildman–Crippen MR) is 62.9 cm³/mol. The lowest BCUT2D eigenvalue weighted by atomic mass is 9.66. The van der Waals surface area contributed by atoms with Gasteiger partial charge in [0.1, 0.15) is 11.7 Å². The van der Waals surface area contributed by atoms with Crippen LogP contribution in [0.15, 0.2) is 0 Å². The van der Waals surface area contributed by atoms with Crippen LogP contribution in [0, 0.1) is 22.7 Å². The molecule has 1 N–H and O–H groups in total. The molecule has 1 aliphatic carbocycles. The second kappa shape index (κ2) is 4.30. The lowest BCUT2D eigenvalue weighted by Crippen LogP contribution is -2.43. The van der Waals surface area contributed by atoms with Gasteiger partial charge in [0.25, 0.3) is 0 Å². The number of hydrogen-bond donors (Lipinski definition) is 1. The van der Waals surface area contributed by atoms with E-state index in [1.54, 1.807) is 13.8 Å². The number of aliphatic hydroxyl groups is 1. The van der Waals surface area contributed by atoms with Gasteiger partial charge in [0.2, 0.25) is 0 Å². The van der Waals surface area contributed by atoms with Crippen LogP contribution in [0.25, 0.3) is 0 Å². The van der Waals surface area contributed by atoms with E-state index < -0.39 is 40.7 Å². The smallest absolute Gasteiger partial charge is 0.315 e. The summed E-state index contributed by atoms with van der Waals surface area (Å²) in [5.41, 5.74) is -1.94. The molecule has 2 aliphatic rings. The maximum atomic E-state index is 11.9. The number of methoxy groups -OCH3 is 1. The molecule has 6 heteroatoms. The highest BCUT2D eigenvalue weighted by atomic mass is 16.5. The minimum atomic E-state index is -1.16. The quantitative estimate of drug-likeness (QED) is 0.570. The number of rotatable bonds is 3. The Hall–Kier alpha value is -1.43. The molecule has 6 nitrogen and oxygen atoms in total. The van der Waals surface area contributed by atoms with Crippen molar-refractivity contribution >= 4 is 18.2 Å². The highest BCUT2D eigenvalue weighted by molar-refractivity contribution is 5.84. The van der Waals surface area contributed by atoms with Crippen LogP contribution in [0.2, 0.25) is 0 Å². The number of carbonyl (C=O) groups excluding carboxylic acids is 3. The second-order valence-corrected chi connectivity index (χ2v) is 5.75. The Morgan fingerprint density at radius 2 is 2.21 bits per heavy atom. The first kappa shape index (κ1) is 14.0. The Kier molecular flexibility index (Phi) is 3.16. The van der Waals surface area contributed by atoms with Crippen LogP contribution < -0.4 is 0 Å². The number of carbonyl (C=O) groups is 3. The van der Waals surface area contributed by atoms with Crippen molar-refractivity contribution in [3.8, 4) is 0 Å². The predicted octanol–water partition coefficient (Wildman–Crippen LogP) is -0.0753. The van der Waals surface area contributed by atoms with Gasteiger partial charge in [-0.15, -0.1) is 0 Å². The van der Waals surface area contributed by atoms with Gasteiger partial charge >= 0.3 is 11.9 Å². The molecule has 0 aromatic heterocycles. The number of aldehydes is 1. The minimum Gasteiger partial charge on any atom is -0.469 e. The van der Waals surface area contributed by atoms with E-state index in [0.29, 0.717) is 6.29 Å². The van der Waals surface area contributed by atoms with Gasteiger partial charge in [-0.2, -0.15) is 0 Å². The fourth-order valence-electron chi connectivity index (χ4n) is 3.51. The third-order valence-corrected chi connectivity index (χ3v) is 5.08. The van der Waals surface area contributed by atoms with Crippen molar-refractivity contribution in [1.82, 2.24) is 0 Å². The molecule has 0 spiro atoms. The molecule has 5 atom stereocenters. The molecule has 0 aromatic rings. The average Bonchev–Trinajstić information content (AvgIpc) is 2.71. The van der Waals surface area contributed by atoms with Crippen LogP contribution in [0.3, 0.4) is 0 Å². The highest BCUT2D eigenvalue weighted by Crippen LogP contribution is 2.62. The van der Waals surface area contributed by atoms with Crippen molar-refractivity contribution in [2.45, 2.75) is 26.4 Å². The van der Waals surface area contributed by atoms with Crippen molar-refractivity contribution in [1.29, 1.82) is 0 Å². The first-order valence-corrected chi connectivity index (χ1v) is 6.20. The zero-order valence-electron chi connectivity index (χ0n) is 11.2. The van der Waals surface area contributed by atoms with E-state index >= 15 is 0 Å². The van der Waals surface area contributed by atoms with Gasteiger partial charge in [-0.3, -0.25) is 9.59 Å². The summed E-state index contributed by atoms with van der Waals surface area (Å²) in [6.07, 6.45) is -0.467. The Morgan fingerprint density at radius 1 is 1.58 bits per heavy atom. The van der Waals surface area contributed by atoms with Gasteiger partial charge in [-0.1, -0.05) is 6.92 Å². The van der Waals surface area contributed by atoms with Gasteiger partial charge in [0.15, 0.2) is 0 Å². The van der Waals surface area contributed by atoms with Crippen LogP contribution in [0.1, 0.15) is 20.3 Å². The number of cyclic esters (lactones) is 1. The van der Waals surface area contributed by atoms with Crippen molar-refractivity contribution < 1.29 is 29.0 Å². The molecule has 2 fully saturated rings. The van der Waals surface area contributed by atoms with E-state index in [1.807, 2.05) is 0 Å². The molecule has 1 saturated carbocycles. The van der Waals surface area contributed by atoms with Gasteiger partial charge in [0.05, 0.1) is 26.2 Å². The van der Waals surface area contributed by atoms with Gasteiger partial charge in [-0.25, -0.2) is 0 Å². The van der Waals surface area contributed by atoms with Gasteiger partial charge in [-0.05, 0) is 6.92 Å². The molecule has 106 valence electrons. The fraction of sp³-hybridized carbons (Fsp3) is 0.769. The molecular weight excluding hydrogens is 252 g/mol. The zero-order valence-corrected chi connectivity index (χ0v) is 11.2. The standard InChI is InChI=1S/C13H18O6/c1-12-6-19-11(17)13(12,2)10(16)7(8(12)5-14)4-9(15)18-3/h5,7-8,10,16H,4,6H2,1-3H3/t7?,8?,10?,12-,13-/m1/s1. The van der Waals surface area contributed by atoms with Crippen molar-refractivity contribution in [2.75, 3.05) is 13.7 Å². The summed E-state index contributed by atoms with van der Waals surface area (Å²) in [7, 11) is 1.25. The fourth-order valence-corrected chi connectivity index (χ4v) is 3.51. The number of esters is 2. The second-order valence-electron chi connectivity index (χ2n) is 5.75. The summed E-state index contributed by atoms with van der Waals surface area (Å²) in [6, 6.07) is 0. The third kappa shape index (κ3) is 1.55. The van der Waals surface area contributed by atoms with Crippen LogP contribution >= 0.6 is 0 Å². The molecule has 0 bridgehead atoms. The molecule has 1 heterocycles. The first-order valence-electron chi connectivity index (χ1n) is 6.20. The van der Waals surface area contributed by atoms with Crippen LogP contribution in [-0.4, -0.2) is 43.2 Å². The summed E-state index contributed by atoms with van der Waals surface area (Å²) in [6.45, 7) is 3.43. The molecule has 19 heavy (non-hydrogen) atoms. The molecule has 0 amide bonds. The summed E-state index contributed by atoms with van der Waals surface area (Å²) in [4.78, 5) is 34.8. The Labute approximate surface area is 111 Å². The first-order chi connectivity index (χ1) is 8.82. The minimum absolute atomic E-state index is 0.0838. The molecule has 0 radical (unpaired) electrons. The van der Waals surface area contributed by atoms with E-state index in [0.717, 1.165) is 0 Å². The van der Waals surface area contributed by atoms with Gasteiger partial charge < -0.3 is 19.4 Å². The number of fused-ring (bicyclic) bond motifs is 1. The molecule has 2 rings (SSSR count). The Balaban J connectivity index is 2.41. The Morgan fingerprint density at radius 3 is 2.74 bits per heavy atom. The summed E-state index contributed by atoms with van der Waals surface area (Å²) >= 11 is 0. The maximum Gasteiger partial charge on any atom is 0.315 e. The topological polar surface area (TPSA) is 89.9 Å². The molecular formula is C13H18O6. The molecule has 1 aliphatic heterocycles. The van der Waals surface area contributed by atoms with Crippen molar-refractivity contribution in [3.05, 3.63) is 0 Å². The number of hydrogen-bond acceptors (Lipinski definition) is 6. The molecule has 0 aromatic carbocycles. The zero-order chi connectivity index (χ0) is 14.4. The van der Waals surface area contributed by atoms with Crippen LogP contribution in [-0.2, 0) is 23.9 Å². The molecule has 1 saturated heterocycles. The maximum absolute atomic E-state index is 11.9. The van der Waals surface area contributed by atoms with Crippen LogP contribution in [0.5, 0.6) is 0 Å². The normalized spacial score (nSPS) is 44.6. The summed E-state index contributed by atoms with van der Waals surface area (Å²) in [5.74, 6) is -2.25. The third-order valence-electron chi connectivity index (χ3n) is 5.08. The monoisotopic (exact) mass is 270 g/mol. The largest absolute Gasteiger partial charge is 0.469 e. The summed E-state index contributed by atoms with van der Waals surface area (Å²) < 4.78 is 9.62. The number of ether oxygens (including phenoxy) is 2. The van der Waals surface area contributed by atoms with Crippen molar-refractivity contribution in [2.24, 2.45) is 22.7 Å². The van der Waals surface area contributed by atoms with Crippen LogP contribution in [0.4, 0.5) is 0 Å².